The van der Waals surface area contributed by atoms with Crippen molar-refractivity contribution in [3.8, 4) is 17.2 Å². The standard InChI is InChI=1S/C22H23ClN2O6S/c1-2-29-18-7-6-16(13-20(18)32(27,28)25-9-3-4-10-25)24-21(26)8-5-15-11-17(23)22-19(12-15)30-14-31-22/h5-8,11-13H,2-4,9-10,14H2,1H3,(H,24,26). The molecule has 4 rings (SSSR count). The zero-order valence-corrected chi connectivity index (χ0v) is 19.0. The number of rotatable bonds is 7. The lowest BCUT2D eigenvalue weighted by Crippen LogP contribution is -2.28. The second-order valence-corrected chi connectivity index (χ2v) is 9.58. The fraction of sp³-hybridized carbons (Fsp3) is 0.318. The third-order valence-electron chi connectivity index (χ3n) is 5.07. The fourth-order valence-electron chi connectivity index (χ4n) is 3.57. The average Bonchev–Trinajstić information content (AvgIpc) is 3.46. The predicted molar refractivity (Wildman–Crippen MR) is 121 cm³/mol. The number of hydrogen-bond acceptors (Lipinski definition) is 6. The Balaban J connectivity index is 1.53. The molecule has 32 heavy (non-hydrogen) atoms. The highest BCUT2D eigenvalue weighted by atomic mass is 35.5. The summed E-state index contributed by atoms with van der Waals surface area (Å²) in [6, 6.07) is 7.98. The van der Waals surface area contributed by atoms with Gasteiger partial charge in [0.2, 0.25) is 22.7 Å². The first-order valence-electron chi connectivity index (χ1n) is 10.2. The van der Waals surface area contributed by atoms with Crippen LogP contribution in [0.3, 0.4) is 0 Å². The summed E-state index contributed by atoms with van der Waals surface area (Å²) in [5, 5.41) is 3.09. The van der Waals surface area contributed by atoms with Crippen LogP contribution in [0.15, 0.2) is 41.3 Å². The molecule has 2 aromatic rings. The number of sulfonamides is 1. The Hall–Kier alpha value is -2.75. The lowest BCUT2D eigenvalue weighted by atomic mass is 10.2. The van der Waals surface area contributed by atoms with Crippen LogP contribution in [0.25, 0.3) is 6.08 Å². The number of hydrogen-bond donors (Lipinski definition) is 1. The molecule has 0 unspecified atom stereocenters. The first kappa shape index (κ1) is 22.4. The number of amides is 1. The van der Waals surface area contributed by atoms with E-state index in [4.69, 9.17) is 25.8 Å². The van der Waals surface area contributed by atoms with Crippen molar-refractivity contribution in [1.82, 2.24) is 4.31 Å². The number of nitrogens with zero attached hydrogens (tertiary/aromatic N) is 1. The summed E-state index contributed by atoms with van der Waals surface area (Å²) >= 11 is 6.16. The van der Waals surface area contributed by atoms with Crippen LogP contribution in [0.5, 0.6) is 17.2 Å². The van der Waals surface area contributed by atoms with Gasteiger partial charge in [-0.05, 0) is 61.7 Å². The lowest BCUT2D eigenvalue weighted by molar-refractivity contribution is -0.111. The Bertz CT molecular complexity index is 1160. The molecule has 2 aliphatic rings. The van der Waals surface area contributed by atoms with Gasteiger partial charge in [0.25, 0.3) is 0 Å². The van der Waals surface area contributed by atoms with Gasteiger partial charge in [-0.1, -0.05) is 11.6 Å². The fourth-order valence-corrected chi connectivity index (χ4v) is 5.52. The summed E-state index contributed by atoms with van der Waals surface area (Å²) in [6.07, 6.45) is 4.57. The summed E-state index contributed by atoms with van der Waals surface area (Å²) < 4.78 is 43.7. The van der Waals surface area contributed by atoms with Gasteiger partial charge in [0.05, 0.1) is 11.6 Å². The molecule has 0 aromatic heterocycles. The van der Waals surface area contributed by atoms with Gasteiger partial charge < -0.3 is 19.5 Å². The van der Waals surface area contributed by atoms with Crippen LogP contribution in [-0.2, 0) is 14.8 Å². The van der Waals surface area contributed by atoms with E-state index >= 15 is 0 Å². The van der Waals surface area contributed by atoms with E-state index in [0.29, 0.717) is 47.5 Å². The molecular formula is C22H23ClN2O6S. The van der Waals surface area contributed by atoms with Crippen LogP contribution < -0.4 is 19.5 Å². The number of ether oxygens (including phenoxy) is 3. The molecule has 2 heterocycles. The molecule has 10 heteroatoms. The van der Waals surface area contributed by atoms with E-state index < -0.39 is 15.9 Å². The summed E-state index contributed by atoms with van der Waals surface area (Å²) in [4.78, 5) is 12.5. The number of fused-ring (bicyclic) bond motifs is 1. The number of carbonyl (C=O) groups is 1. The molecule has 0 atom stereocenters. The number of carbonyl (C=O) groups excluding carboxylic acids is 1. The van der Waals surface area contributed by atoms with Crippen LogP contribution in [0.1, 0.15) is 25.3 Å². The van der Waals surface area contributed by atoms with Gasteiger partial charge in [-0.15, -0.1) is 0 Å². The van der Waals surface area contributed by atoms with Gasteiger partial charge in [0, 0.05) is 24.9 Å². The van der Waals surface area contributed by atoms with Crippen molar-refractivity contribution in [3.05, 3.63) is 47.0 Å². The molecule has 0 aliphatic carbocycles. The third kappa shape index (κ3) is 4.69. The van der Waals surface area contributed by atoms with E-state index in [0.717, 1.165) is 12.8 Å². The van der Waals surface area contributed by atoms with Crippen molar-refractivity contribution in [2.75, 3.05) is 31.8 Å². The first-order valence-corrected chi connectivity index (χ1v) is 12.1. The average molecular weight is 479 g/mol. The predicted octanol–water partition coefficient (Wildman–Crippen LogP) is 3.90. The zero-order valence-electron chi connectivity index (χ0n) is 17.5. The van der Waals surface area contributed by atoms with Gasteiger partial charge in [-0.3, -0.25) is 4.79 Å². The summed E-state index contributed by atoms with van der Waals surface area (Å²) in [6.45, 7) is 3.17. The van der Waals surface area contributed by atoms with E-state index in [1.165, 1.54) is 16.4 Å². The molecule has 170 valence electrons. The largest absolute Gasteiger partial charge is 0.492 e. The molecular weight excluding hydrogens is 456 g/mol. The van der Waals surface area contributed by atoms with Crippen molar-refractivity contribution in [3.63, 3.8) is 0 Å². The molecule has 1 saturated heterocycles. The van der Waals surface area contributed by atoms with Crippen molar-refractivity contribution in [2.45, 2.75) is 24.7 Å². The highest BCUT2D eigenvalue weighted by Crippen LogP contribution is 2.40. The van der Waals surface area contributed by atoms with Crippen molar-refractivity contribution in [2.24, 2.45) is 0 Å². The Morgan fingerprint density at radius 1 is 1.22 bits per heavy atom. The molecule has 0 bridgehead atoms. The van der Waals surface area contributed by atoms with Crippen molar-refractivity contribution < 1.29 is 27.4 Å². The summed E-state index contributed by atoms with van der Waals surface area (Å²) in [5.74, 6) is 0.839. The van der Waals surface area contributed by atoms with E-state index in [-0.39, 0.29) is 17.4 Å². The Labute approximate surface area is 191 Å². The molecule has 1 N–H and O–H groups in total. The number of anilines is 1. The molecule has 2 aromatic carbocycles. The maximum absolute atomic E-state index is 13.1. The van der Waals surface area contributed by atoms with Gasteiger partial charge in [-0.25, -0.2) is 8.42 Å². The highest BCUT2D eigenvalue weighted by Gasteiger charge is 2.30. The minimum atomic E-state index is -3.72. The number of nitrogens with one attached hydrogen (secondary N) is 1. The minimum absolute atomic E-state index is 0.0468. The molecule has 1 fully saturated rings. The zero-order chi connectivity index (χ0) is 22.7. The number of halogens is 1. The molecule has 0 spiro atoms. The molecule has 0 radical (unpaired) electrons. The Kier molecular flexibility index (Phi) is 6.59. The normalized spacial score (nSPS) is 15.9. The smallest absolute Gasteiger partial charge is 0.248 e. The second kappa shape index (κ2) is 9.40. The van der Waals surface area contributed by atoms with Crippen LogP contribution in [0, 0.1) is 0 Å². The minimum Gasteiger partial charge on any atom is -0.492 e. The van der Waals surface area contributed by atoms with Crippen LogP contribution in [-0.4, -0.2) is 45.1 Å². The monoisotopic (exact) mass is 478 g/mol. The highest BCUT2D eigenvalue weighted by molar-refractivity contribution is 7.89. The van der Waals surface area contributed by atoms with Crippen LogP contribution in [0.4, 0.5) is 5.69 Å². The summed E-state index contributed by atoms with van der Waals surface area (Å²) in [7, 11) is -3.72. The third-order valence-corrected chi connectivity index (χ3v) is 7.27. The van der Waals surface area contributed by atoms with Gasteiger partial charge in [0.15, 0.2) is 11.5 Å². The number of benzene rings is 2. The first-order chi connectivity index (χ1) is 15.4. The van der Waals surface area contributed by atoms with E-state index in [1.807, 2.05) is 0 Å². The van der Waals surface area contributed by atoms with Crippen molar-refractivity contribution >= 4 is 39.3 Å². The van der Waals surface area contributed by atoms with Gasteiger partial charge in [0.1, 0.15) is 10.6 Å². The van der Waals surface area contributed by atoms with E-state index in [9.17, 15) is 13.2 Å². The molecule has 2 aliphatic heterocycles. The Morgan fingerprint density at radius 3 is 2.75 bits per heavy atom. The van der Waals surface area contributed by atoms with Crippen molar-refractivity contribution in [1.29, 1.82) is 0 Å². The van der Waals surface area contributed by atoms with Gasteiger partial charge in [-0.2, -0.15) is 4.31 Å². The van der Waals surface area contributed by atoms with Crippen LogP contribution in [0.2, 0.25) is 5.02 Å². The molecule has 8 nitrogen and oxygen atoms in total. The maximum atomic E-state index is 13.1. The van der Waals surface area contributed by atoms with E-state index in [2.05, 4.69) is 5.32 Å². The molecule has 0 saturated carbocycles. The lowest BCUT2D eigenvalue weighted by Gasteiger charge is -2.19. The van der Waals surface area contributed by atoms with E-state index in [1.54, 1.807) is 37.3 Å². The maximum Gasteiger partial charge on any atom is 0.248 e. The summed E-state index contributed by atoms with van der Waals surface area (Å²) in [5.41, 5.74) is 1.02. The SMILES string of the molecule is CCOc1ccc(NC(=O)C=Cc2cc(Cl)c3c(c2)OCO3)cc1S(=O)(=O)N1CCCC1. The second-order valence-electron chi connectivity index (χ2n) is 7.26. The van der Waals surface area contributed by atoms with Gasteiger partial charge >= 0.3 is 0 Å². The van der Waals surface area contributed by atoms with Crippen LogP contribution >= 0.6 is 11.6 Å². The quantitative estimate of drug-likeness (QED) is 0.606. The Morgan fingerprint density at radius 2 is 2.00 bits per heavy atom. The topological polar surface area (TPSA) is 94.2 Å². The molecule has 1 amide bonds.